The van der Waals surface area contributed by atoms with Crippen molar-refractivity contribution in [1.29, 1.82) is 0 Å². The van der Waals surface area contributed by atoms with Crippen LogP contribution in [0.25, 0.3) is 0 Å². The Morgan fingerprint density at radius 1 is 1.28 bits per heavy atom. The molecule has 1 aliphatic carbocycles. The van der Waals surface area contributed by atoms with E-state index in [0.29, 0.717) is 6.04 Å². The largest absolute Gasteiger partial charge is 0.367 e. The number of allylic oxidation sites excluding steroid dienone is 1. The monoisotopic (exact) mass is 249 g/mol. The summed E-state index contributed by atoms with van der Waals surface area (Å²) >= 11 is 0. The molecule has 2 atom stereocenters. The molecule has 1 saturated carbocycles. The van der Waals surface area contributed by atoms with Gasteiger partial charge in [0, 0.05) is 6.42 Å². The summed E-state index contributed by atoms with van der Waals surface area (Å²) in [5.41, 5.74) is 1.01. The summed E-state index contributed by atoms with van der Waals surface area (Å²) in [6.07, 6.45) is 5.57. The Bertz CT molecular complexity index is 438. The maximum absolute atomic E-state index is 6.27. The molecule has 0 N–H and O–H groups in total. The molecule has 1 spiro atoms. The summed E-state index contributed by atoms with van der Waals surface area (Å²) < 4.78 is 6.27. The first-order valence-corrected chi connectivity index (χ1v) is 6.85. The van der Waals surface area contributed by atoms with Crippen molar-refractivity contribution >= 4 is 0 Å². The fourth-order valence-corrected chi connectivity index (χ4v) is 3.43. The number of nitrogens with zero attached hydrogens (tertiary/aromatic N) is 3. The second-order valence-corrected chi connectivity index (χ2v) is 7.12. The highest BCUT2D eigenvalue weighted by molar-refractivity contribution is 5.21. The second-order valence-electron chi connectivity index (χ2n) is 7.12. The summed E-state index contributed by atoms with van der Waals surface area (Å²) in [4.78, 5) is 0. The Morgan fingerprint density at radius 2 is 2.00 bits per heavy atom. The first-order valence-electron chi connectivity index (χ1n) is 6.85. The molecule has 100 valence electrons. The SMILES string of the molecule is CC1=CC(C)(C)N(C2C[C@]23CCC(C)(C)O3)N=N1. The van der Waals surface area contributed by atoms with E-state index in [-0.39, 0.29) is 16.7 Å². The van der Waals surface area contributed by atoms with Crippen molar-refractivity contribution in [2.45, 2.75) is 76.7 Å². The molecule has 2 heterocycles. The molecule has 0 radical (unpaired) electrons. The van der Waals surface area contributed by atoms with Gasteiger partial charge in [0.1, 0.15) is 0 Å². The molecule has 2 aliphatic heterocycles. The smallest absolute Gasteiger partial charge is 0.0933 e. The van der Waals surface area contributed by atoms with Gasteiger partial charge in [0.15, 0.2) is 0 Å². The molecule has 0 aromatic carbocycles. The second kappa shape index (κ2) is 3.35. The van der Waals surface area contributed by atoms with E-state index in [1.165, 1.54) is 0 Å². The van der Waals surface area contributed by atoms with Gasteiger partial charge in [-0.1, -0.05) is 5.22 Å². The van der Waals surface area contributed by atoms with Gasteiger partial charge in [-0.25, -0.2) is 0 Å². The van der Waals surface area contributed by atoms with Crippen LogP contribution in [0.4, 0.5) is 0 Å². The summed E-state index contributed by atoms with van der Waals surface area (Å²) in [6.45, 7) is 10.8. The Hall–Kier alpha value is -0.900. The molecular formula is C14H23N3O. The molecule has 2 fully saturated rings. The highest BCUT2D eigenvalue weighted by atomic mass is 16.5. The third-order valence-corrected chi connectivity index (χ3v) is 4.36. The number of hydrogen-bond donors (Lipinski definition) is 0. The summed E-state index contributed by atoms with van der Waals surface area (Å²) in [5.74, 6) is 0. The molecule has 0 bridgehead atoms. The van der Waals surface area contributed by atoms with Gasteiger partial charge in [-0.15, -0.1) is 5.11 Å². The van der Waals surface area contributed by atoms with Crippen LogP contribution in [-0.2, 0) is 4.74 Å². The van der Waals surface area contributed by atoms with Crippen molar-refractivity contribution in [2.24, 2.45) is 10.3 Å². The van der Waals surface area contributed by atoms with Gasteiger partial charge in [-0.05, 0) is 53.5 Å². The van der Waals surface area contributed by atoms with Crippen molar-refractivity contribution in [1.82, 2.24) is 5.01 Å². The Kier molecular flexibility index (Phi) is 2.26. The Labute approximate surface area is 109 Å². The maximum Gasteiger partial charge on any atom is 0.0933 e. The summed E-state index contributed by atoms with van der Waals surface area (Å²) in [5, 5.41) is 10.8. The molecule has 3 rings (SSSR count). The first-order chi connectivity index (χ1) is 8.24. The predicted molar refractivity (Wildman–Crippen MR) is 70.1 cm³/mol. The van der Waals surface area contributed by atoms with Crippen molar-refractivity contribution in [2.75, 3.05) is 0 Å². The van der Waals surface area contributed by atoms with E-state index in [4.69, 9.17) is 4.74 Å². The van der Waals surface area contributed by atoms with Crippen LogP contribution in [0, 0.1) is 0 Å². The lowest BCUT2D eigenvalue weighted by atomic mass is 10.0. The van der Waals surface area contributed by atoms with Crippen LogP contribution in [0.1, 0.15) is 53.9 Å². The van der Waals surface area contributed by atoms with E-state index < -0.39 is 0 Å². The molecule has 0 amide bonds. The van der Waals surface area contributed by atoms with E-state index in [1.807, 2.05) is 6.92 Å². The van der Waals surface area contributed by atoms with E-state index in [9.17, 15) is 0 Å². The third-order valence-electron chi connectivity index (χ3n) is 4.36. The van der Waals surface area contributed by atoms with Crippen LogP contribution in [0.2, 0.25) is 0 Å². The van der Waals surface area contributed by atoms with E-state index in [2.05, 4.69) is 49.1 Å². The fraction of sp³-hybridized carbons (Fsp3) is 0.857. The number of rotatable bonds is 1. The molecule has 3 aliphatic rings. The molecule has 1 unspecified atom stereocenters. The zero-order valence-corrected chi connectivity index (χ0v) is 12.0. The average Bonchev–Trinajstić information content (AvgIpc) is 2.77. The average molecular weight is 249 g/mol. The third kappa shape index (κ3) is 1.78. The van der Waals surface area contributed by atoms with Crippen LogP contribution in [-0.4, -0.2) is 27.8 Å². The van der Waals surface area contributed by atoms with Crippen molar-refractivity contribution in [3.63, 3.8) is 0 Å². The maximum atomic E-state index is 6.27. The number of hydrogen-bond acceptors (Lipinski definition) is 4. The van der Waals surface area contributed by atoms with Crippen molar-refractivity contribution < 1.29 is 4.74 Å². The van der Waals surface area contributed by atoms with Crippen LogP contribution < -0.4 is 0 Å². The Balaban J connectivity index is 1.78. The van der Waals surface area contributed by atoms with Gasteiger partial charge in [0.25, 0.3) is 0 Å². The molecule has 1 saturated heterocycles. The van der Waals surface area contributed by atoms with Gasteiger partial charge < -0.3 is 4.74 Å². The van der Waals surface area contributed by atoms with Gasteiger partial charge in [0.2, 0.25) is 0 Å². The number of ether oxygens (including phenoxy) is 1. The Morgan fingerprint density at radius 3 is 2.56 bits per heavy atom. The minimum atomic E-state index is -0.0594. The minimum Gasteiger partial charge on any atom is -0.367 e. The normalized spacial score (nSPS) is 40.2. The molecule has 0 aromatic rings. The molecule has 0 aromatic heterocycles. The predicted octanol–water partition coefficient (Wildman–Crippen LogP) is 3.45. The van der Waals surface area contributed by atoms with Crippen molar-refractivity contribution in [3.05, 3.63) is 11.8 Å². The summed E-state index contributed by atoms with van der Waals surface area (Å²) in [7, 11) is 0. The lowest BCUT2D eigenvalue weighted by Crippen LogP contribution is -2.44. The van der Waals surface area contributed by atoms with Gasteiger partial charge in [-0.2, -0.15) is 0 Å². The van der Waals surface area contributed by atoms with E-state index in [0.717, 1.165) is 25.0 Å². The molecular weight excluding hydrogens is 226 g/mol. The highest BCUT2D eigenvalue weighted by Crippen LogP contribution is 2.57. The van der Waals surface area contributed by atoms with Crippen LogP contribution in [0.5, 0.6) is 0 Å². The van der Waals surface area contributed by atoms with Gasteiger partial charge >= 0.3 is 0 Å². The molecule has 4 heteroatoms. The fourth-order valence-electron chi connectivity index (χ4n) is 3.43. The zero-order chi connectivity index (χ0) is 13.2. The standard InChI is InChI=1S/C14H23N3O/c1-10-8-12(2,3)17(16-15-10)11-9-14(11)7-6-13(4,5)18-14/h8,11H,6-7,9H2,1-5H3/t11?,14-/m1/s1. The molecule has 4 nitrogen and oxygen atoms in total. The quantitative estimate of drug-likeness (QED) is 0.713. The summed E-state index contributed by atoms with van der Waals surface area (Å²) in [6, 6.07) is 0.391. The highest BCUT2D eigenvalue weighted by Gasteiger charge is 2.65. The topological polar surface area (TPSA) is 37.2 Å². The van der Waals surface area contributed by atoms with Crippen molar-refractivity contribution in [3.8, 4) is 0 Å². The van der Waals surface area contributed by atoms with E-state index >= 15 is 0 Å². The van der Waals surface area contributed by atoms with Crippen LogP contribution in [0.15, 0.2) is 22.1 Å². The molecule has 18 heavy (non-hydrogen) atoms. The first kappa shape index (κ1) is 12.2. The lowest BCUT2D eigenvalue weighted by molar-refractivity contribution is -0.0503. The van der Waals surface area contributed by atoms with Gasteiger partial charge in [-0.3, -0.25) is 5.01 Å². The van der Waals surface area contributed by atoms with Crippen LogP contribution in [0.3, 0.4) is 0 Å². The zero-order valence-electron chi connectivity index (χ0n) is 12.0. The van der Waals surface area contributed by atoms with Gasteiger partial charge in [0.05, 0.1) is 28.5 Å². The van der Waals surface area contributed by atoms with E-state index in [1.54, 1.807) is 0 Å². The minimum absolute atomic E-state index is 0.0254. The van der Waals surface area contributed by atoms with Crippen LogP contribution >= 0.6 is 0 Å². The lowest BCUT2D eigenvalue weighted by Gasteiger charge is -2.36.